The van der Waals surface area contributed by atoms with Gasteiger partial charge in [-0.3, -0.25) is 0 Å². The lowest BCUT2D eigenvalue weighted by Gasteiger charge is -2.27. The average molecular weight is 199 g/mol. The highest BCUT2D eigenvalue weighted by Gasteiger charge is 2.09. The molecule has 0 bridgehead atoms. The van der Waals surface area contributed by atoms with Gasteiger partial charge in [0.15, 0.2) is 0 Å². The maximum atomic E-state index is 2.60. The summed E-state index contributed by atoms with van der Waals surface area (Å²) in [6.07, 6.45) is 5.36. The Bertz CT molecular complexity index is 122. The van der Waals surface area contributed by atoms with Crippen LogP contribution in [0.5, 0.6) is 0 Å². The second kappa shape index (κ2) is 8.28. The van der Waals surface area contributed by atoms with E-state index in [1.54, 1.807) is 0 Å². The fraction of sp³-hybridized carbons (Fsp3) is 1.00. The molecule has 2 unspecified atom stereocenters. The molecule has 1 heteroatoms. The number of hydrogen-bond acceptors (Lipinski definition) is 1. The van der Waals surface area contributed by atoms with Crippen molar-refractivity contribution in [1.29, 1.82) is 0 Å². The van der Waals surface area contributed by atoms with Gasteiger partial charge in [-0.2, -0.15) is 0 Å². The van der Waals surface area contributed by atoms with E-state index in [0.717, 1.165) is 12.0 Å². The molecule has 1 nitrogen and oxygen atoms in total. The zero-order chi connectivity index (χ0) is 11.0. The van der Waals surface area contributed by atoms with E-state index in [1.807, 2.05) is 0 Å². The topological polar surface area (TPSA) is 3.24 Å². The molecule has 0 aromatic carbocycles. The molecule has 0 saturated heterocycles. The van der Waals surface area contributed by atoms with Crippen molar-refractivity contribution in [2.45, 2.75) is 66.3 Å². The van der Waals surface area contributed by atoms with Crippen LogP contribution in [0.25, 0.3) is 0 Å². The summed E-state index contributed by atoms with van der Waals surface area (Å²) in [5.74, 6) is 0.908. The largest absolute Gasteiger partial charge is 0.301 e. The lowest BCUT2D eigenvalue weighted by molar-refractivity contribution is 0.206. The SMILES string of the molecule is CCC(C)CCCN(CC)C(C)CC. The third-order valence-electron chi connectivity index (χ3n) is 3.46. The van der Waals surface area contributed by atoms with E-state index in [2.05, 4.69) is 39.5 Å². The molecule has 0 aliphatic rings. The highest BCUT2D eigenvalue weighted by atomic mass is 15.1. The van der Waals surface area contributed by atoms with Crippen LogP contribution in [-0.4, -0.2) is 24.0 Å². The molecule has 0 aromatic rings. The first-order valence-electron chi connectivity index (χ1n) is 6.39. The van der Waals surface area contributed by atoms with E-state index in [4.69, 9.17) is 0 Å². The summed E-state index contributed by atoms with van der Waals surface area (Å²) in [4.78, 5) is 2.60. The van der Waals surface area contributed by atoms with Crippen molar-refractivity contribution in [2.75, 3.05) is 13.1 Å². The van der Waals surface area contributed by atoms with Gasteiger partial charge in [0.05, 0.1) is 0 Å². The predicted molar refractivity (Wildman–Crippen MR) is 65.7 cm³/mol. The second-order valence-corrected chi connectivity index (χ2v) is 4.54. The zero-order valence-electron chi connectivity index (χ0n) is 10.8. The summed E-state index contributed by atoms with van der Waals surface area (Å²) in [5.41, 5.74) is 0. The minimum absolute atomic E-state index is 0.761. The molecule has 86 valence electrons. The first-order chi connectivity index (χ1) is 6.65. The molecular weight excluding hydrogens is 170 g/mol. The Balaban J connectivity index is 3.62. The first-order valence-corrected chi connectivity index (χ1v) is 6.39. The van der Waals surface area contributed by atoms with Crippen molar-refractivity contribution in [3.63, 3.8) is 0 Å². The molecule has 0 radical (unpaired) electrons. The lowest BCUT2D eigenvalue weighted by Crippen LogP contribution is -2.33. The molecule has 0 amide bonds. The fourth-order valence-corrected chi connectivity index (χ4v) is 1.80. The Hall–Kier alpha value is -0.0400. The summed E-state index contributed by atoms with van der Waals surface area (Å²) < 4.78 is 0. The van der Waals surface area contributed by atoms with E-state index < -0.39 is 0 Å². The van der Waals surface area contributed by atoms with Crippen molar-refractivity contribution < 1.29 is 0 Å². The first kappa shape index (κ1) is 14.0. The van der Waals surface area contributed by atoms with Crippen molar-refractivity contribution >= 4 is 0 Å². The summed E-state index contributed by atoms with van der Waals surface area (Å²) >= 11 is 0. The van der Waals surface area contributed by atoms with Gasteiger partial charge >= 0.3 is 0 Å². The average Bonchev–Trinajstić information content (AvgIpc) is 2.22. The number of rotatable bonds is 8. The van der Waals surface area contributed by atoms with E-state index in [9.17, 15) is 0 Å². The molecule has 0 N–H and O–H groups in total. The highest BCUT2D eigenvalue weighted by Crippen LogP contribution is 2.11. The van der Waals surface area contributed by atoms with Gasteiger partial charge in [0.2, 0.25) is 0 Å². The summed E-state index contributed by atoms with van der Waals surface area (Å²) in [6.45, 7) is 14.0. The molecule has 14 heavy (non-hydrogen) atoms. The quantitative estimate of drug-likeness (QED) is 0.572. The van der Waals surface area contributed by atoms with Gasteiger partial charge in [-0.1, -0.05) is 34.1 Å². The van der Waals surface area contributed by atoms with E-state index in [-0.39, 0.29) is 0 Å². The normalized spacial score (nSPS) is 15.9. The van der Waals surface area contributed by atoms with Gasteiger partial charge in [-0.15, -0.1) is 0 Å². The van der Waals surface area contributed by atoms with Crippen LogP contribution in [-0.2, 0) is 0 Å². The van der Waals surface area contributed by atoms with Crippen LogP contribution < -0.4 is 0 Å². The summed E-state index contributed by atoms with van der Waals surface area (Å²) in [5, 5.41) is 0. The monoisotopic (exact) mass is 199 g/mol. The van der Waals surface area contributed by atoms with Gasteiger partial charge in [0.25, 0.3) is 0 Å². The zero-order valence-corrected chi connectivity index (χ0v) is 10.8. The van der Waals surface area contributed by atoms with Gasteiger partial charge < -0.3 is 4.90 Å². The van der Waals surface area contributed by atoms with Crippen LogP contribution in [0, 0.1) is 5.92 Å². The van der Waals surface area contributed by atoms with Crippen LogP contribution in [0.1, 0.15) is 60.3 Å². The highest BCUT2D eigenvalue weighted by molar-refractivity contribution is 4.64. The van der Waals surface area contributed by atoms with Crippen molar-refractivity contribution in [3.05, 3.63) is 0 Å². The van der Waals surface area contributed by atoms with E-state index in [0.29, 0.717) is 0 Å². The van der Waals surface area contributed by atoms with Crippen LogP contribution in [0.3, 0.4) is 0 Å². The van der Waals surface area contributed by atoms with Crippen LogP contribution in [0.2, 0.25) is 0 Å². The molecule has 2 atom stereocenters. The smallest absolute Gasteiger partial charge is 0.00641 e. The maximum Gasteiger partial charge on any atom is 0.00641 e. The maximum absolute atomic E-state index is 2.60. The Morgan fingerprint density at radius 3 is 2.07 bits per heavy atom. The number of nitrogens with zero attached hydrogens (tertiary/aromatic N) is 1. The molecule has 0 rings (SSSR count). The minimum Gasteiger partial charge on any atom is -0.301 e. The lowest BCUT2D eigenvalue weighted by atomic mass is 10.0. The van der Waals surface area contributed by atoms with Gasteiger partial charge in [0, 0.05) is 6.04 Å². The standard InChI is InChI=1S/C13H29N/c1-6-12(4)10-9-11-14(8-3)13(5)7-2/h12-13H,6-11H2,1-5H3. The fourth-order valence-electron chi connectivity index (χ4n) is 1.80. The Labute approximate surface area is 90.9 Å². The Morgan fingerprint density at radius 1 is 1.00 bits per heavy atom. The van der Waals surface area contributed by atoms with Crippen molar-refractivity contribution in [1.82, 2.24) is 4.90 Å². The molecule has 0 saturated carbocycles. The van der Waals surface area contributed by atoms with Gasteiger partial charge in [0.1, 0.15) is 0 Å². The van der Waals surface area contributed by atoms with Gasteiger partial charge in [-0.25, -0.2) is 0 Å². The van der Waals surface area contributed by atoms with Crippen LogP contribution in [0.4, 0.5) is 0 Å². The molecule has 0 aliphatic heterocycles. The Kier molecular flexibility index (Phi) is 8.26. The summed E-state index contributed by atoms with van der Waals surface area (Å²) in [6, 6.07) is 0.761. The minimum atomic E-state index is 0.761. The second-order valence-electron chi connectivity index (χ2n) is 4.54. The Morgan fingerprint density at radius 2 is 1.64 bits per heavy atom. The molecule has 0 heterocycles. The van der Waals surface area contributed by atoms with Gasteiger partial charge in [-0.05, 0) is 45.2 Å². The molecule has 0 fully saturated rings. The van der Waals surface area contributed by atoms with Crippen LogP contribution >= 0.6 is 0 Å². The molecular formula is C13H29N. The third-order valence-corrected chi connectivity index (χ3v) is 3.46. The number of hydrogen-bond donors (Lipinski definition) is 0. The third kappa shape index (κ3) is 5.64. The predicted octanol–water partition coefficient (Wildman–Crippen LogP) is 3.93. The molecule has 0 aliphatic carbocycles. The van der Waals surface area contributed by atoms with Crippen molar-refractivity contribution in [2.24, 2.45) is 5.92 Å². The van der Waals surface area contributed by atoms with E-state index >= 15 is 0 Å². The van der Waals surface area contributed by atoms with E-state index in [1.165, 1.54) is 38.8 Å². The van der Waals surface area contributed by atoms with Crippen LogP contribution in [0.15, 0.2) is 0 Å². The summed E-state index contributed by atoms with van der Waals surface area (Å²) in [7, 11) is 0. The molecule has 0 aromatic heterocycles. The van der Waals surface area contributed by atoms with Crippen molar-refractivity contribution in [3.8, 4) is 0 Å². The molecule has 0 spiro atoms.